The Morgan fingerprint density at radius 2 is 1.84 bits per heavy atom. The van der Waals surface area contributed by atoms with Crippen molar-refractivity contribution in [2.45, 2.75) is 26.7 Å². The van der Waals surface area contributed by atoms with Crippen LogP contribution in [0.1, 0.15) is 24.2 Å². The van der Waals surface area contributed by atoms with Crippen LogP contribution in [0.3, 0.4) is 0 Å². The number of aryl methyl sites for hydroxylation is 2. The molecule has 2 saturated heterocycles. The molecule has 0 aliphatic carbocycles. The van der Waals surface area contributed by atoms with Gasteiger partial charge in [-0.1, -0.05) is 0 Å². The lowest BCUT2D eigenvalue weighted by Gasteiger charge is -2.36. The first-order chi connectivity index (χ1) is 12.1. The zero-order chi connectivity index (χ0) is 17.6. The van der Waals surface area contributed by atoms with E-state index < -0.39 is 0 Å². The number of nitrogens with zero attached hydrogens (tertiary/aromatic N) is 5. The molecular weight excluding hydrogens is 334 g/mol. The van der Waals surface area contributed by atoms with Gasteiger partial charge in [0.05, 0.1) is 17.1 Å². The van der Waals surface area contributed by atoms with Gasteiger partial charge in [-0.2, -0.15) is 11.8 Å². The van der Waals surface area contributed by atoms with Gasteiger partial charge < -0.3 is 14.7 Å². The first-order valence-corrected chi connectivity index (χ1v) is 10.4. The molecule has 3 heterocycles. The van der Waals surface area contributed by atoms with Gasteiger partial charge in [0.25, 0.3) is 0 Å². The Morgan fingerprint density at radius 3 is 2.56 bits per heavy atom. The van der Waals surface area contributed by atoms with E-state index in [1.165, 1.54) is 25.9 Å². The summed E-state index contributed by atoms with van der Waals surface area (Å²) in [5.41, 5.74) is 1.90. The lowest BCUT2D eigenvalue weighted by Crippen LogP contribution is -2.49. The van der Waals surface area contributed by atoms with Crippen molar-refractivity contribution in [3.05, 3.63) is 17.6 Å². The number of amides is 1. The quantitative estimate of drug-likeness (QED) is 0.715. The van der Waals surface area contributed by atoms with E-state index in [2.05, 4.69) is 19.8 Å². The van der Waals surface area contributed by atoms with Crippen molar-refractivity contribution in [3.8, 4) is 0 Å². The molecule has 1 aromatic rings. The van der Waals surface area contributed by atoms with Crippen LogP contribution in [0, 0.1) is 13.8 Å². The van der Waals surface area contributed by atoms with E-state index in [0.29, 0.717) is 5.75 Å². The lowest BCUT2D eigenvalue weighted by molar-refractivity contribution is -0.128. The molecule has 0 bridgehead atoms. The van der Waals surface area contributed by atoms with Gasteiger partial charge in [0.1, 0.15) is 5.82 Å². The van der Waals surface area contributed by atoms with Crippen LogP contribution in [0.5, 0.6) is 0 Å². The summed E-state index contributed by atoms with van der Waals surface area (Å²) in [6.07, 6.45) is 4.47. The van der Waals surface area contributed by atoms with Crippen molar-refractivity contribution in [2.75, 3.05) is 62.2 Å². The van der Waals surface area contributed by atoms with Gasteiger partial charge >= 0.3 is 0 Å². The average Bonchev–Trinajstić information content (AvgIpc) is 3.14. The fourth-order valence-electron chi connectivity index (χ4n) is 3.44. The Bertz CT molecular complexity index is 583. The van der Waals surface area contributed by atoms with Crippen LogP contribution in [-0.4, -0.2) is 83.0 Å². The molecule has 0 radical (unpaired) electrons. The number of carbonyl (C=O) groups excluding carboxylic acids is 1. The molecule has 1 amide bonds. The number of aromatic nitrogens is 2. The maximum absolute atomic E-state index is 12.4. The number of hydrogen-bond acceptors (Lipinski definition) is 6. The SMILES string of the molecule is Cc1cnc(C)c(N2CCN(C(=O)CSCCN3CCCC3)CC2)n1. The molecular formula is C18H29N5OS. The molecule has 0 unspecified atom stereocenters. The summed E-state index contributed by atoms with van der Waals surface area (Å²) >= 11 is 1.77. The fourth-order valence-corrected chi connectivity index (χ4v) is 4.33. The largest absolute Gasteiger partial charge is 0.352 e. The smallest absolute Gasteiger partial charge is 0.232 e. The van der Waals surface area contributed by atoms with Crippen molar-refractivity contribution in [2.24, 2.45) is 0 Å². The van der Waals surface area contributed by atoms with Crippen LogP contribution in [0.15, 0.2) is 6.20 Å². The third-order valence-electron chi connectivity index (χ3n) is 4.96. The number of likely N-dealkylation sites (tertiary alicyclic amines) is 1. The van der Waals surface area contributed by atoms with Gasteiger partial charge in [-0.3, -0.25) is 9.78 Å². The monoisotopic (exact) mass is 363 g/mol. The minimum absolute atomic E-state index is 0.276. The third-order valence-corrected chi connectivity index (χ3v) is 5.88. The van der Waals surface area contributed by atoms with E-state index in [9.17, 15) is 4.79 Å². The second-order valence-corrected chi connectivity index (χ2v) is 7.99. The molecule has 0 atom stereocenters. The topological polar surface area (TPSA) is 52.6 Å². The molecule has 6 nitrogen and oxygen atoms in total. The van der Waals surface area contributed by atoms with Crippen molar-refractivity contribution in [1.29, 1.82) is 0 Å². The summed E-state index contributed by atoms with van der Waals surface area (Å²) in [6.45, 7) is 10.8. The van der Waals surface area contributed by atoms with Crippen LogP contribution in [-0.2, 0) is 4.79 Å². The van der Waals surface area contributed by atoms with Gasteiger partial charge in [-0.15, -0.1) is 0 Å². The normalized spacial score (nSPS) is 18.8. The zero-order valence-corrected chi connectivity index (χ0v) is 16.2. The average molecular weight is 364 g/mol. The van der Waals surface area contributed by atoms with Crippen LogP contribution < -0.4 is 4.90 Å². The molecule has 2 fully saturated rings. The molecule has 0 spiro atoms. The van der Waals surface area contributed by atoms with Crippen LogP contribution in [0.25, 0.3) is 0 Å². The van der Waals surface area contributed by atoms with E-state index in [1.54, 1.807) is 18.0 Å². The molecule has 7 heteroatoms. The molecule has 138 valence electrons. The number of anilines is 1. The summed E-state index contributed by atoms with van der Waals surface area (Å²) in [6, 6.07) is 0. The summed E-state index contributed by atoms with van der Waals surface area (Å²) in [5.74, 6) is 2.91. The Hall–Kier alpha value is -1.34. The first-order valence-electron chi connectivity index (χ1n) is 9.26. The van der Waals surface area contributed by atoms with Crippen molar-refractivity contribution >= 4 is 23.5 Å². The van der Waals surface area contributed by atoms with Crippen molar-refractivity contribution in [3.63, 3.8) is 0 Å². The highest BCUT2D eigenvalue weighted by Gasteiger charge is 2.23. The Balaban J connectivity index is 1.39. The highest BCUT2D eigenvalue weighted by atomic mass is 32.2. The van der Waals surface area contributed by atoms with E-state index in [0.717, 1.165) is 55.7 Å². The van der Waals surface area contributed by atoms with Crippen molar-refractivity contribution in [1.82, 2.24) is 19.8 Å². The van der Waals surface area contributed by atoms with Crippen molar-refractivity contribution < 1.29 is 4.79 Å². The molecule has 3 rings (SSSR count). The summed E-state index contributed by atoms with van der Waals surface area (Å²) in [4.78, 5) is 28.2. The summed E-state index contributed by atoms with van der Waals surface area (Å²) < 4.78 is 0. The third kappa shape index (κ3) is 5.07. The Labute approximate surface area is 155 Å². The molecule has 2 aliphatic heterocycles. The zero-order valence-electron chi connectivity index (χ0n) is 15.4. The van der Waals surface area contributed by atoms with E-state index in [-0.39, 0.29) is 5.91 Å². The number of piperazine rings is 1. The van der Waals surface area contributed by atoms with Crippen LogP contribution in [0.2, 0.25) is 0 Å². The Morgan fingerprint density at radius 1 is 1.12 bits per heavy atom. The molecule has 25 heavy (non-hydrogen) atoms. The number of hydrogen-bond donors (Lipinski definition) is 0. The lowest BCUT2D eigenvalue weighted by atomic mass is 10.3. The van der Waals surface area contributed by atoms with Crippen LogP contribution in [0.4, 0.5) is 5.82 Å². The highest BCUT2D eigenvalue weighted by molar-refractivity contribution is 7.99. The minimum Gasteiger partial charge on any atom is -0.352 e. The van der Waals surface area contributed by atoms with E-state index in [1.807, 2.05) is 18.7 Å². The molecule has 0 N–H and O–H groups in total. The van der Waals surface area contributed by atoms with Gasteiger partial charge in [-0.05, 0) is 39.8 Å². The predicted octanol–water partition coefficient (Wildman–Crippen LogP) is 1.57. The minimum atomic E-state index is 0.276. The maximum Gasteiger partial charge on any atom is 0.232 e. The summed E-state index contributed by atoms with van der Waals surface area (Å²) in [5, 5.41) is 0. The highest BCUT2D eigenvalue weighted by Crippen LogP contribution is 2.18. The van der Waals surface area contributed by atoms with Gasteiger partial charge in [0, 0.05) is 44.7 Å². The number of thioether (sulfide) groups is 1. The van der Waals surface area contributed by atoms with Gasteiger partial charge in [-0.25, -0.2) is 4.98 Å². The maximum atomic E-state index is 12.4. The number of carbonyl (C=O) groups is 1. The standard InChI is InChI=1S/C18H29N5OS/c1-15-13-19-16(2)18(20-15)23-9-7-22(8-10-23)17(24)14-25-12-11-21-5-3-4-6-21/h13H,3-12,14H2,1-2H3. The predicted molar refractivity (Wildman–Crippen MR) is 103 cm³/mol. The Kier molecular flexibility index (Phi) is 6.53. The van der Waals surface area contributed by atoms with E-state index >= 15 is 0 Å². The second-order valence-electron chi connectivity index (χ2n) is 6.89. The second kappa shape index (κ2) is 8.85. The fraction of sp³-hybridized carbons (Fsp3) is 0.722. The van der Waals surface area contributed by atoms with E-state index in [4.69, 9.17) is 0 Å². The summed E-state index contributed by atoms with van der Waals surface area (Å²) in [7, 11) is 0. The first kappa shape index (κ1) is 18.5. The van der Waals surface area contributed by atoms with Crippen LogP contribution >= 0.6 is 11.8 Å². The molecule has 2 aliphatic rings. The number of rotatable bonds is 6. The van der Waals surface area contributed by atoms with Gasteiger partial charge in [0.2, 0.25) is 5.91 Å². The molecule has 0 saturated carbocycles. The molecule has 0 aromatic carbocycles. The van der Waals surface area contributed by atoms with Gasteiger partial charge in [0.15, 0.2) is 0 Å². The molecule has 1 aromatic heterocycles.